The number of thiazole rings is 1. The van der Waals surface area contributed by atoms with Gasteiger partial charge in [0.25, 0.3) is 0 Å². The molecule has 1 amide bonds. The van der Waals surface area contributed by atoms with Gasteiger partial charge in [0.15, 0.2) is 0 Å². The van der Waals surface area contributed by atoms with Gasteiger partial charge in [0.05, 0.1) is 21.8 Å². The highest BCUT2D eigenvalue weighted by atomic mass is 32.1. The van der Waals surface area contributed by atoms with Crippen LogP contribution in [0.2, 0.25) is 0 Å². The molecule has 1 unspecified atom stereocenters. The third-order valence-electron chi connectivity index (χ3n) is 4.42. The molecule has 3 rings (SSSR count). The number of likely N-dealkylation sites (tertiary alicyclic amines) is 1. The van der Waals surface area contributed by atoms with Crippen LogP contribution in [-0.2, 0) is 4.79 Å². The maximum absolute atomic E-state index is 12.6. The summed E-state index contributed by atoms with van der Waals surface area (Å²) in [7, 11) is 0. The monoisotopic (exact) mass is 344 g/mol. The summed E-state index contributed by atoms with van der Waals surface area (Å²) in [5.74, 6) is 0.446. The van der Waals surface area contributed by atoms with Crippen LogP contribution < -0.4 is 0 Å². The Kier molecular flexibility index (Phi) is 4.67. The van der Waals surface area contributed by atoms with E-state index in [4.69, 9.17) is 0 Å². The largest absolute Gasteiger partial charge is 0.342 e. The van der Waals surface area contributed by atoms with E-state index >= 15 is 0 Å². The van der Waals surface area contributed by atoms with E-state index in [1.807, 2.05) is 38.1 Å². The summed E-state index contributed by atoms with van der Waals surface area (Å²) < 4.78 is 0. The fourth-order valence-corrected chi connectivity index (χ4v) is 4.02. The van der Waals surface area contributed by atoms with Gasteiger partial charge in [0.1, 0.15) is 5.69 Å². The highest BCUT2D eigenvalue weighted by molar-refractivity contribution is 7.13. The Bertz CT molecular complexity index is 735. The molecule has 1 atom stereocenters. The van der Waals surface area contributed by atoms with Crippen molar-refractivity contribution in [1.82, 2.24) is 19.9 Å². The number of carbonyl (C=O) groups is 1. The van der Waals surface area contributed by atoms with E-state index in [2.05, 4.69) is 15.0 Å². The minimum absolute atomic E-state index is 0.214. The molecule has 5 nitrogen and oxygen atoms in total. The summed E-state index contributed by atoms with van der Waals surface area (Å²) in [4.78, 5) is 29.3. The minimum atomic E-state index is -0.346. The van der Waals surface area contributed by atoms with Crippen molar-refractivity contribution in [3.8, 4) is 10.6 Å². The maximum atomic E-state index is 12.6. The van der Waals surface area contributed by atoms with Gasteiger partial charge in [-0.3, -0.25) is 14.8 Å². The molecule has 1 fully saturated rings. The Labute approximate surface area is 147 Å². The van der Waals surface area contributed by atoms with Crippen molar-refractivity contribution in [1.29, 1.82) is 0 Å². The zero-order valence-electron chi connectivity index (χ0n) is 14.7. The molecule has 1 saturated heterocycles. The van der Waals surface area contributed by atoms with E-state index < -0.39 is 0 Å². The Hall–Kier alpha value is -1.82. The van der Waals surface area contributed by atoms with Crippen LogP contribution in [0, 0.1) is 12.3 Å². The number of rotatable bonds is 2. The molecular formula is C18H24N4OS. The molecule has 0 saturated carbocycles. The van der Waals surface area contributed by atoms with Crippen LogP contribution in [0.15, 0.2) is 17.9 Å². The molecule has 0 spiro atoms. The number of carbonyl (C=O) groups excluding carboxylic acids is 1. The molecule has 0 aromatic carbocycles. The Balaban J connectivity index is 1.90. The van der Waals surface area contributed by atoms with Crippen LogP contribution in [0.5, 0.6) is 0 Å². The fourth-order valence-electron chi connectivity index (χ4n) is 3.21. The van der Waals surface area contributed by atoms with Crippen molar-refractivity contribution in [3.63, 3.8) is 0 Å². The second-order valence-electron chi connectivity index (χ2n) is 7.40. The molecule has 6 heteroatoms. The predicted molar refractivity (Wildman–Crippen MR) is 95.9 cm³/mol. The smallest absolute Gasteiger partial charge is 0.227 e. The summed E-state index contributed by atoms with van der Waals surface area (Å²) in [5.41, 5.74) is 4.41. The zero-order valence-corrected chi connectivity index (χ0v) is 15.6. The molecule has 0 bridgehead atoms. The van der Waals surface area contributed by atoms with Crippen LogP contribution in [-0.4, -0.2) is 38.8 Å². The normalized spacial score (nSPS) is 18.7. The van der Waals surface area contributed by atoms with Crippen molar-refractivity contribution in [2.75, 3.05) is 13.1 Å². The molecule has 2 aromatic heterocycles. The molecule has 2 aromatic rings. The molecule has 1 aliphatic heterocycles. The lowest BCUT2D eigenvalue weighted by Gasteiger charge is -2.36. The SMILES string of the molecule is Cc1ncsc1-c1nccnc1C1CCCN(C(=O)C(C)(C)C)C1. The van der Waals surface area contributed by atoms with E-state index in [1.165, 1.54) is 0 Å². The van der Waals surface area contributed by atoms with Gasteiger partial charge in [-0.05, 0) is 19.8 Å². The zero-order chi connectivity index (χ0) is 17.3. The molecule has 3 heterocycles. The molecule has 0 N–H and O–H groups in total. The number of hydrogen-bond acceptors (Lipinski definition) is 5. The first kappa shape index (κ1) is 17.0. The van der Waals surface area contributed by atoms with Crippen LogP contribution in [0.25, 0.3) is 10.6 Å². The van der Waals surface area contributed by atoms with Gasteiger partial charge in [-0.25, -0.2) is 4.98 Å². The first-order valence-electron chi connectivity index (χ1n) is 8.38. The summed E-state index contributed by atoms with van der Waals surface area (Å²) >= 11 is 1.60. The third-order valence-corrected chi connectivity index (χ3v) is 5.36. The van der Waals surface area contributed by atoms with Gasteiger partial charge in [-0.2, -0.15) is 0 Å². The lowest BCUT2D eigenvalue weighted by atomic mass is 9.89. The van der Waals surface area contributed by atoms with E-state index in [0.29, 0.717) is 0 Å². The topological polar surface area (TPSA) is 59.0 Å². The second-order valence-corrected chi connectivity index (χ2v) is 8.25. The second kappa shape index (κ2) is 6.59. The van der Waals surface area contributed by atoms with E-state index in [1.54, 1.807) is 23.7 Å². The van der Waals surface area contributed by atoms with Crippen molar-refractivity contribution >= 4 is 17.2 Å². The van der Waals surface area contributed by atoms with E-state index in [-0.39, 0.29) is 17.2 Å². The number of piperidine rings is 1. The van der Waals surface area contributed by atoms with Crippen molar-refractivity contribution in [3.05, 3.63) is 29.3 Å². The number of nitrogens with zero attached hydrogens (tertiary/aromatic N) is 4. The van der Waals surface area contributed by atoms with Gasteiger partial charge in [-0.15, -0.1) is 11.3 Å². The van der Waals surface area contributed by atoms with Gasteiger partial charge in [-0.1, -0.05) is 20.8 Å². The summed E-state index contributed by atoms with van der Waals surface area (Å²) in [6.07, 6.45) is 5.53. The summed E-state index contributed by atoms with van der Waals surface area (Å²) in [6, 6.07) is 0. The molecule has 1 aliphatic rings. The molecular weight excluding hydrogens is 320 g/mol. The van der Waals surface area contributed by atoms with E-state index in [9.17, 15) is 4.79 Å². The molecule has 128 valence electrons. The van der Waals surface area contributed by atoms with Crippen LogP contribution in [0.1, 0.15) is 50.9 Å². The van der Waals surface area contributed by atoms with Crippen LogP contribution in [0.3, 0.4) is 0 Å². The average molecular weight is 344 g/mol. The highest BCUT2D eigenvalue weighted by Gasteiger charge is 2.33. The first-order chi connectivity index (χ1) is 11.4. The van der Waals surface area contributed by atoms with Crippen molar-refractivity contribution in [2.45, 2.75) is 46.5 Å². The quantitative estimate of drug-likeness (QED) is 0.834. The number of hydrogen-bond donors (Lipinski definition) is 0. The maximum Gasteiger partial charge on any atom is 0.227 e. The van der Waals surface area contributed by atoms with Gasteiger partial charge in [0, 0.05) is 36.8 Å². The number of amides is 1. The van der Waals surface area contributed by atoms with E-state index in [0.717, 1.165) is 47.9 Å². The molecule has 24 heavy (non-hydrogen) atoms. The van der Waals surface area contributed by atoms with Crippen molar-refractivity contribution < 1.29 is 4.79 Å². The van der Waals surface area contributed by atoms with Crippen LogP contribution in [0.4, 0.5) is 0 Å². The summed E-state index contributed by atoms with van der Waals surface area (Å²) in [5, 5.41) is 0. The first-order valence-corrected chi connectivity index (χ1v) is 9.26. The van der Waals surface area contributed by atoms with Gasteiger partial charge < -0.3 is 4.90 Å². The lowest BCUT2D eigenvalue weighted by molar-refractivity contribution is -0.140. The highest BCUT2D eigenvalue weighted by Crippen LogP contribution is 2.35. The number of aromatic nitrogens is 3. The molecule has 0 aliphatic carbocycles. The average Bonchev–Trinajstić information content (AvgIpc) is 2.99. The Morgan fingerprint density at radius 1 is 1.25 bits per heavy atom. The number of aryl methyl sites for hydroxylation is 1. The standard InChI is InChI=1S/C18H24N4OS/c1-12-16(24-11-21-12)15-14(19-7-8-20-15)13-6-5-9-22(10-13)17(23)18(2,3)4/h7-8,11,13H,5-6,9-10H2,1-4H3. The summed E-state index contributed by atoms with van der Waals surface area (Å²) in [6.45, 7) is 9.50. The predicted octanol–water partition coefficient (Wildman–Crippen LogP) is 3.66. The molecule has 0 radical (unpaired) electrons. The lowest BCUT2D eigenvalue weighted by Crippen LogP contribution is -2.44. The fraction of sp³-hybridized carbons (Fsp3) is 0.556. The van der Waals surface area contributed by atoms with Crippen LogP contribution >= 0.6 is 11.3 Å². The minimum Gasteiger partial charge on any atom is -0.342 e. The van der Waals surface area contributed by atoms with Gasteiger partial charge in [0.2, 0.25) is 5.91 Å². The van der Waals surface area contributed by atoms with Crippen molar-refractivity contribution in [2.24, 2.45) is 5.41 Å². The Morgan fingerprint density at radius 3 is 2.67 bits per heavy atom. The Morgan fingerprint density at radius 2 is 2.00 bits per heavy atom. The van der Waals surface area contributed by atoms with Gasteiger partial charge >= 0.3 is 0 Å². The third kappa shape index (κ3) is 3.34.